The lowest BCUT2D eigenvalue weighted by molar-refractivity contribution is -0.114. The molecule has 0 unspecified atom stereocenters. The number of carbonyl (C=O) groups is 1. The number of nitrogens with one attached hydrogen (secondary N) is 2. The number of aromatic amines is 1. The number of benzene rings is 1. The second-order valence-corrected chi connectivity index (χ2v) is 6.64. The minimum Gasteiger partial charge on any atom is -0.355 e. The largest absolute Gasteiger partial charge is 0.355 e. The van der Waals surface area contributed by atoms with Gasteiger partial charge in [0.15, 0.2) is 11.6 Å². The molecule has 1 amide bonds. The van der Waals surface area contributed by atoms with Gasteiger partial charge in [-0.1, -0.05) is 0 Å². The first-order valence-electron chi connectivity index (χ1n) is 8.68. The van der Waals surface area contributed by atoms with Crippen molar-refractivity contribution in [3.63, 3.8) is 0 Å². The molecular weight excluding hydrogens is 354 g/mol. The van der Waals surface area contributed by atoms with Crippen LogP contribution in [0.5, 0.6) is 0 Å². The Morgan fingerprint density at radius 3 is 2.93 bits per heavy atom. The molecule has 0 saturated carbocycles. The van der Waals surface area contributed by atoms with E-state index in [9.17, 15) is 13.6 Å². The first-order chi connectivity index (χ1) is 13.0. The highest BCUT2D eigenvalue weighted by atomic mass is 19.2. The van der Waals surface area contributed by atoms with Crippen molar-refractivity contribution in [2.24, 2.45) is 0 Å². The number of hydrogen-bond donors (Lipinski definition) is 2. The lowest BCUT2D eigenvalue weighted by Crippen LogP contribution is -2.35. The molecule has 9 heteroatoms. The van der Waals surface area contributed by atoms with Crippen LogP contribution in [0.25, 0.3) is 10.9 Å². The molecule has 1 fully saturated rings. The summed E-state index contributed by atoms with van der Waals surface area (Å²) in [4.78, 5) is 21.8. The van der Waals surface area contributed by atoms with E-state index in [4.69, 9.17) is 0 Å². The van der Waals surface area contributed by atoms with E-state index in [2.05, 4.69) is 25.5 Å². The summed E-state index contributed by atoms with van der Waals surface area (Å²) in [5, 5.41) is 10.3. The molecule has 0 spiro atoms. The van der Waals surface area contributed by atoms with E-state index in [1.807, 2.05) is 4.90 Å². The Kier molecular flexibility index (Phi) is 4.43. The number of fused-ring (bicyclic) bond motifs is 1. The maximum absolute atomic E-state index is 13.8. The van der Waals surface area contributed by atoms with Crippen molar-refractivity contribution in [2.75, 3.05) is 23.3 Å². The number of aromatic nitrogens is 4. The van der Waals surface area contributed by atoms with Crippen LogP contribution in [0.4, 0.5) is 20.3 Å². The van der Waals surface area contributed by atoms with Crippen molar-refractivity contribution in [1.82, 2.24) is 20.2 Å². The topological polar surface area (TPSA) is 86.8 Å². The Balaban J connectivity index is 1.66. The summed E-state index contributed by atoms with van der Waals surface area (Å²) in [6.07, 6.45) is 4.75. The van der Waals surface area contributed by atoms with Crippen LogP contribution in [0, 0.1) is 11.6 Å². The van der Waals surface area contributed by atoms with Crippen LogP contribution in [0.2, 0.25) is 0 Å². The van der Waals surface area contributed by atoms with Gasteiger partial charge in [-0.3, -0.25) is 9.89 Å². The summed E-state index contributed by atoms with van der Waals surface area (Å²) in [5.41, 5.74) is 1.88. The average molecular weight is 372 g/mol. The fourth-order valence-electron chi connectivity index (χ4n) is 3.59. The molecule has 1 atom stereocenters. The number of carbonyl (C=O) groups excluding carboxylic acids is 1. The van der Waals surface area contributed by atoms with Crippen molar-refractivity contribution in [2.45, 2.75) is 25.7 Å². The zero-order valence-electron chi connectivity index (χ0n) is 14.7. The second kappa shape index (κ2) is 6.90. The highest BCUT2D eigenvalue weighted by Gasteiger charge is 2.27. The van der Waals surface area contributed by atoms with Gasteiger partial charge in [-0.25, -0.2) is 18.7 Å². The van der Waals surface area contributed by atoms with E-state index in [1.165, 1.54) is 13.3 Å². The fourth-order valence-corrected chi connectivity index (χ4v) is 3.59. The first-order valence-corrected chi connectivity index (χ1v) is 8.68. The van der Waals surface area contributed by atoms with E-state index in [0.717, 1.165) is 37.2 Å². The summed E-state index contributed by atoms with van der Waals surface area (Å²) < 4.78 is 27.3. The summed E-state index contributed by atoms with van der Waals surface area (Å²) in [6.45, 7) is 2.80. The molecular formula is C18H18F2N6O. The molecule has 7 nitrogen and oxygen atoms in total. The van der Waals surface area contributed by atoms with Crippen LogP contribution in [-0.2, 0) is 4.79 Å². The van der Waals surface area contributed by atoms with Gasteiger partial charge in [0.1, 0.15) is 12.1 Å². The van der Waals surface area contributed by atoms with Gasteiger partial charge < -0.3 is 10.2 Å². The number of amides is 1. The normalized spacial score (nSPS) is 17.3. The maximum atomic E-state index is 13.8. The third-order valence-corrected chi connectivity index (χ3v) is 4.77. The van der Waals surface area contributed by atoms with E-state index in [0.29, 0.717) is 29.0 Å². The molecule has 0 radical (unpaired) electrons. The van der Waals surface area contributed by atoms with Gasteiger partial charge in [0.2, 0.25) is 5.91 Å². The van der Waals surface area contributed by atoms with Crippen LogP contribution in [0.1, 0.15) is 31.4 Å². The molecule has 1 aliphatic heterocycles. The summed E-state index contributed by atoms with van der Waals surface area (Å²) in [5.74, 6) is -1.35. The molecule has 0 bridgehead atoms. The summed E-state index contributed by atoms with van der Waals surface area (Å²) in [7, 11) is 0. The van der Waals surface area contributed by atoms with E-state index in [1.54, 1.807) is 6.20 Å². The minimum atomic E-state index is -0.930. The predicted octanol–water partition coefficient (Wildman–Crippen LogP) is 2.97. The van der Waals surface area contributed by atoms with Crippen LogP contribution in [0.3, 0.4) is 0 Å². The number of halogens is 2. The number of piperidine rings is 1. The van der Waals surface area contributed by atoms with E-state index >= 15 is 0 Å². The molecule has 1 aliphatic rings. The van der Waals surface area contributed by atoms with Gasteiger partial charge in [0.05, 0.1) is 23.1 Å². The Labute approximate surface area is 153 Å². The Morgan fingerprint density at radius 1 is 1.30 bits per heavy atom. The molecule has 2 aromatic heterocycles. The van der Waals surface area contributed by atoms with Crippen LogP contribution in [-0.4, -0.2) is 39.2 Å². The van der Waals surface area contributed by atoms with Gasteiger partial charge in [0.25, 0.3) is 0 Å². The standard InChI is InChI=1S/C18H18F2N6O/c1-10(27)24-16-7-23-25-17(16)11-3-2-4-26(8-11)18-12-5-13(19)14(20)6-15(12)21-9-22-18/h5-7,9,11H,2-4,8H2,1H3,(H,23,25)(H,24,27)/t11-/m0/s1. The number of rotatable bonds is 3. The van der Waals surface area contributed by atoms with Crippen LogP contribution >= 0.6 is 0 Å². The number of nitrogens with zero attached hydrogens (tertiary/aromatic N) is 4. The highest BCUT2D eigenvalue weighted by Crippen LogP contribution is 2.34. The highest BCUT2D eigenvalue weighted by molar-refractivity contribution is 5.90. The zero-order chi connectivity index (χ0) is 19.0. The van der Waals surface area contributed by atoms with E-state index in [-0.39, 0.29) is 11.8 Å². The number of hydrogen-bond acceptors (Lipinski definition) is 5. The third kappa shape index (κ3) is 3.32. The SMILES string of the molecule is CC(=O)Nc1cn[nH]c1[C@H]1CCCN(c2ncnc3cc(F)c(F)cc23)C1. The number of H-pyrrole nitrogens is 1. The Bertz CT molecular complexity index is 1000. The van der Waals surface area contributed by atoms with Gasteiger partial charge in [-0.05, 0) is 18.9 Å². The summed E-state index contributed by atoms with van der Waals surface area (Å²) in [6, 6.07) is 2.23. The van der Waals surface area contributed by atoms with Gasteiger partial charge >= 0.3 is 0 Å². The molecule has 2 N–H and O–H groups in total. The van der Waals surface area contributed by atoms with Crippen molar-refractivity contribution < 1.29 is 13.6 Å². The first kappa shape index (κ1) is 17.3. The second-order valence-electron chi connectivity index (χ2n) is 6.64. The van der Waals surface area contributed by atoms with E-state index < -0.39 is 11.6 Å². The molecule has 1 aromatic carbocycles. The minimum absolute atomic E-state index is 0.0958. The van der Waals surface area contributed by atoms with Crippen LogP contribution in [0.15, 0.2) is 24.7 Å². The maximum Gasteiger partial charge on any atom is 0.221 e. The van der Waals surface area contributed by atoms with Crippen molar-refractivity contribution >= 4 is 28.3 Å². The monoisotopic (exact) mass is 372 g/mol. The lowest BCUT2D eigenvalue weighted by atomic mass is 9.93. The van der Waals surface area contributed by atoms with Gasteiger partial charge in [-0.2, -0.15) is 5.10 Å². The van der Waals surface area contributed by atoms with Crippen molar-refractivity contribution in [3.8, 4) is 0 Å². The zero-order valence-corrected chi connectivity index (χ0v) is 14.7. The lowest BCUT2D eigenvalue weighted by Gasteiger charge is -2.34. The van der Waals surface area contributed by atoms with Crippen molar-refractivity contribution in [1.29, 1.82) is 0 Å². The number of anilines is 2. The van der Waals surface area contributed by atoms with Gasteiger partial charge in [0, 0.05) is 37.4 Å². The Hall–Kier alpha value is -3.10. The Morgan fingerprint density at radius 2 is 2.11 bits per heavy atom. The molecule has 4 rings (SSSR count). The molecule has 140 valence electrons. The smallest absolute Gasteiger partial charge is 0.221 e. The molecule has 27 heavy (non-hydrogen) atoms. The average Bonchev–Trinajstić information content (AvgIpc) is 3.10. The third-order valence-electron chi connectivity index (χ3n) is 4.77. The molecule has 3 aromatic rings. The van der Waals surface area contributed by atoms with Gasteiger partial charge in [-0.15, -0.1) is 0 Å². The van der Waals surface area contributed by atoms with Crippen molar-refractivity contribution in [3.05, 3.63) is 42.0 Å². The predicted molar refractivity (Wildman–Crippen MR) is 96.5 cm³/mol. The fraction of sp³-hybridized carbons (Fsp3) is 0.333. The molecule has 1 saturated heterocycles. The quantitative estimate of drug-likeness (QED) is 0.738. The molecule has 3 heterocycles. The van der Waals surface area contributed by atoms with Crippen LogP contribution < -0.4 is 10.2 Å². The summed E-state index contributed by atoms with van der Waals surface area (Å²) >= 11 is 0. The molecule has 0 aliphatic carbocycles.